The van der Waals surface area contributed by atoms with Crippen LogP contribution < -0.4 is 5.32 Å². The molecule has 0 aliphatic carbocycles. The van der Waals surface area contributed by atoms with Crippen molar-refractivity contribution in [2.45, 2.75) is 24.3 Å². The lowest BCUT2D eigenvalue weighted by Gasteiger charge is -2.17. The van der Waals surface area contributed by atoms with Crippen LogP contribution in [0.1, 0.15) is 22.3 Å². The second kappa shape index (κ2) is 6.78. The zero-order chi connectivity index (χ0) is 14.5. The minimum Gasteiger partial charge on any atom is -0.381 e. The number of nitrogens with one attached hydrogen (secondary N) is 1. The Morgan fingerprint density at radius 1 is 1.60 bits per heavy atom. The first-order valence-electron chi connectivity index (χ1n) is 6.58. The van der Waals surface area contributed by atoms with E-state index >= 15 is 0 Å². The molecule has 1 heterocycles. The van der Waals surface area contributed by atoms with E-state index < -0.39 is 6.04 Å². The first kappa shape index (κ1) is 14.9. The van der Waals surface area contributed by atoms with Crippen LogP contribution >= 0.6 is 11.8 Å². The number of nitrogens with zero attached hydrogens (tertiary/aromatic N) is 1. The van der Waals surface area contributed by atoms with Crippen molar-refractivity contribution in [1.29, 1.82) is 5.26 Å². The predicted octanol–water partition coefficient (Wildman–Crippen LogP) is 2.38. The van der Waals surface area contributed by atoms with E-state index in [9.17, 15) is 10.1 Å². The number of ether oxygens (including phenoxy) is 1. The van der Waals surface area contributed by atoms with E-state index in [1.54, 1.807) is 11.8 Å². The van der Waals surface area contributed by atoms with Gasteiger partial charge in [-0.25, -0.2) is 0 Å². The summed E-state index contributed by atoms with van der Waals surface area (Å²) in [7, 11) is 0. The van der Waals surface area contributed by atoms with Crippen LogP contribution in [0, 0.1) is 24.2 Å². The number of rotatable bonds is 4. The molecule has 1 aliphatic heterocycles. The van der Waals surface area contributed by atoms with Gasteiger partial charge in [-0.1, -0.05) is 6.07 Å². The Bertz CT molecular complexity index is 533. The molecule has 106 valence electrons. The van der Waals surface area contributed by atoms with Crippen LogP contribution in [0.2, 0.25) is 0 Å². The van der Waals surface area contributed by atoms with Crippen LogP contribution in [0.15, 0.2) is 23.1 Å². The second-order valence-electron chi connectivity index (χ2n) is 4.88. The van der Waals surface area contributed by atoms with Gasteiger partial charge in [-0.3, -0.25) is 4.79 Å². The molecule has 0 saturated carbocycles. The van der Waals surface area contributed by atoms with Gasteiger partial charge in [0.25, 0.3) is 5.91 Å². The van der Waals surface area contributed by atoms with Gasteiger partial charge in [0, 0.05) is 23.0 Å². The fourth-order valence-corrected chi connectivity index (χ4v) is 2.70. The first-order chi connectivity index (χ1) is 9.65. The molecular weight excluding hydrogens is 272 g/mol. The van der Waals surface area contributed by atoms with Gasteiger partial charge in [-0.2, -0.15) is 5.26 Å². The molecule has 0 radical (unpaired) electrons. The molecule has 0 aromatic heterocycles. The Hall–Kier alpha value is -1.51. The van der Waals surface area contributed by atoms with Gasteiger partial charge in [0.05, 0.1) is 12.7 Å². The van der Waals surface area contributed by atoms with Gasteiger partial charge in [-0.05, 0) is 37.3 Å². The van der Waals surface area contributed by atoms with Crippen molar-refractivity contribution < 1.29 is 9.53 Å². The van der Waals surface area contributed by atoms with E-state index in [0.29, 0.717) is 18.8 Å². The third kappa shape index (κ3) is 3.33. The fourth-order valence-electron chi connectivity index (χ4n) is 2.26. The molecule has 0 unspecified atom stereocenters. The minimum absolute atomic E-state index is 0.0907. The maximum atomic E-state index is 12.3. The highest BCUT2D eigenvalue weighted by Gasteiger charge is 2.27. The Balaban J connectivity index is 2.12. The molecule has 0 spiro atoms. The standard InChI is InChI=1S/C15H18N2O2S/c1-10-3-4-12(20-2)7-13(10)15(18)17-14(8-16)11-5-6-19-9-11/h3-4,7,11,14H,5-6,9H2,1-2H3,(H,17,18)/t11-,14-/m1/s1. The van der Waals surface area contributed by atoms with Crippen LogP contribution in [0.5, 0.6) is 0 Å². The molecule has 20 heavy (non-hydrogen) atoms. The molecule has 1 aromatic rings. The number of carbonyl (C=O) groups is 1. The van der Waals surface area contributed by atoms with Crippen molar-refractivity contribution in [2.75, 3.05) is 19.5 Å². The summed E-state index contributed by atoms with van der Waals surface area (Å²) in [5.74, 6) is -0.0927. The van der Waals surface area contributed by atoms with Gasteiger partial charge >= 0.3 is 0 Å². The zero-order valence-electron chi connectivity index (χ0n) is 11.7. The minimum atomic E-state index is -0.484. The summed E-state index contributed by atoms with van der Waals surface area (Å²) in [6.45, 7) is 3.11. The number of amides is 1. The average Bonchev–Trinajstić information content (AvgIpc) is 2.99. The molecule has 1 N–H and O–H groups in total. The van der Waals surface area contributed by atoms with E-state index in [-0.39, 0.29) is 11.8 Å². The number of hydrogen-bond acceptors (Lipinski definition) is 4. The normalized spacial score (nSPS) is 19.4. The number of hydrogen-bond donors (Lipinski definition) is 1. The Kier molecular flexibility index (Phi) is 5.05. The molecule has 1 aromatic carbocycles. The highest BCUT2D eigenvalue weighted by Crippen LogP contribution is 2.20. The lowest BCUT2D eigenvalue weighted by molar-refractivity contribution is 0.0930. The molecule has 2 atom stereocenters. The maximum Gasteiger partial charge on any atom is 0.252 e. The topological polar surface area (TPSA) is 62.1 Å². The molecule has 1 aliphatic rings. The number of thioether (sulfide) groups is 1. The molecule has 1 saturated heterocycles. The first-order valence-corrected chi connectivity index (χ1v) is 7.81. The fraction of sp³-hybridized carbons (Fsp3) is 0.467. The highest BCUT2D eigenvalue weighted by atomic mass is 32.2. The average molecular weight is 290 g/mol. The lowest BCUT2D eigenvalue weighted by Crippen LogP contribution is -2.39. The number of carbonyl (C=O) groups excluding carboxylic acids is 1. The molecular formula is C15H18N2O2S. The molecule has 1 amide bonds. The van der Waals surface area contributed by atoms with Gasteiger partial charge in [0.2, 0.25) is 0 Å². The highest BCUT2D eigenvalue weighted by molar-refractivity contribution is 7.98. The Morgan fingerprint density at radius 3 is 3.00 bits per heavy atom. The molecule has 0 bridgehead atoms. The van der Waals surface area contributed by atoms with Crippen LogP contribution in [0.25, 0.3) is 0 Å². The van der Waals surface area contributed by atoms with Crippen LogP contribution in [-0.4, -0.2) is 31.4 Å². The number of aryl methyl sites for hydroxylation is 1. The summed E-state index contributed by atoms with van der Waals surface area (Å²) in [5, 5.41) is 12.1. The monoisotopic (exact) mass is 290 g/mol. The Labute approximate surface area is 123 Å². The van der Waals surface area contributed by atoms with E-state index in [0.717, 1.165) is 16.9 Å². The Morgan fingerprint density at radius 2 is 2.40 bits per heavy atom. The van der Waals surface area contributed by atoms with Gasteiger partial charge in [0.15, 0.2) is 0 Å². The van der Waals surface area contributed by atoms with Gasteiger partial charge < -0.3 is 10.1 Å². The maximum absolute atomic E-state index is 12.3. The van der Waals surface area contributed by atoms with Crippen LogP contribution in [0.4, 0.5) is 0 Å². The second-order valence-corrected chi connectivity index (χ2v) is 5.76. The summed E-state index contributed by atoms with van der Waals surface area (Å²) in [4.78, 5) is 13.4. The smallest absolute Gasteiger partial charge is 0.252 e. The molecule has 2 rings (SSSR count). The van der Waals surface area contributed by atoms with Crippen molar-refractivity contribution in [3.8, 4) is 6.07 Å². The van der Waals surface area contributed by atoms with Crippen molar-refractivity contribution >= 4 is 17.7 Å². The molecule has 4 nitrogen and oxygen atoms in total. The van der Waals surface area contributed by atoms with Crippen molar-refractivity contribution in [3.63, 3.8) is 0 Å². The zero-order valence-corrected chi connectivity index (χ0v) is 12.5. The van der Waals surface area contributed by atoms with Crippen LogP contribution in [-0.2, 0) is 4.74 Å². The summed E-state index contributed by atoms with van der Waals surface area (Å²) in [6, 6.07) is 7.48. The van der Waals surface area contributed by atoms with Gasteiger partial charge in [0.1, 0.15) is 6.04 Å². The summed E-state index contributed by atoms with van der Waals surface area (Å²) >= 11 is 1.59. The largest absolute Gasteiger partial charge is 0.381 e. The lowest BCUT2D eigenvalue weighted by atomic mass is 9.99. The third-order valence-corrected chi connectivity index (χ3v) is 4.28. The van der Waals surface area contributed by atoms with Crippen molar-refractivity contribution in [1.82, 2.24) is 5.32 Å². The molecule has 5 heteroatoms. The third-order valence-electron chi connectivity index (χ3n) is 3.55. The van der Waals surface area contributed by atoms with Crippen LogP contribution in [0.3, 0.4) is 0 Å². The van der Waals surface area contributed by atoms with E-state index in [2.05, 4.69) is 11.4 Å². The van der Waals surface area contributed by atoms with Gasteiger partial charge in [-0.15, -0.1) is 11.8 Å². The SMILES string of the molecule is CSc1ccc(C)c(C(=O)N[C@H](C#N)[C@@H]2CCOC2)c1. The predicted molar refractivity (Wildman–Crippen MR) is 78.8 cm³/mol. The van der Waals surface area contributed by atoms with Crippen molar-refractivity contribution in [2.24, 2.45) is 5.92 Å². The van der Waals surface area contributed by atoms with E-state index in [1.807, 2.05) is 31.4 Å². The van der Waals surface area contributed by atoms with E-state index in [1.165, 1.54) is 0 Å². The summed E-state index contributed by atoms with van der Waals surface area (Å²) in [5.41, 5.74) is 1.55. The number of benzene rings is 1. The van der Waals surface area contributed by atoms with Crippen molar-refractivity contribution in [3.05, 3.63) is 29.3 Å². The van der Waals surface area contributed by atoms with E-state index in [4.69, 9.17) is 4.74 Å². The molecule has 1 fully saturated rings. The summed E-state index contributed by atoms with van der Waals surface area (Å²) in [6.07, 6.45) is 2.79. The summed E-state index contributed by atoms with van der Waals surface area (Å²) < 4.78 is 5.28. The number of nitriles is 1. The quantitative estimate of drug-likeness (QED) is 0.865.